The summed E-state index contributed by atoms with van der Waals surface area (Å²) in [6.07, 6.45) is 1.16. The molecule has 0 radical (unpaired) electrons. The highest BCUT2D eigenvalue weighted by Gasteiger charge is 2.07. The fraction of sp³-hybridized carbons (Fsp3) is 0.500. The Balaban J connectivity index is 2.53. The lowest BCUT2D eigenvalue weighted by Gasteiger charge is -2.17. The molecule has 1 unspecified atom stereocenters. The van der Waals surface area contributed by atoms with E-state index in [2.05, 4.69) is 47.1 Å². The maximum Gasteiger partial charge on any atom is 0.103 e. The summed E-state index contributed by atoms with van der Waals surface area (Å²) >= 11 is 3.43. The van der Waals surface area contributed by atoms with Crippen LogP contribution in [0, 0.1) is 0 Å². The van der Waals surface area contributed by atoms with E-state index >= 15 is 0 Å². The van der Waals surface area contributed by atoms with Gasteiger partial charge in [-0.25, -0.2) is 0 Å². The van der Waals surface area contributed by atoms with E-state index in [-0.39, 0.29) is 6.61 Å². The van der Waals surface area contributed by atoms with Gasteiger partial charge in [0.25, 0.3) is 0 Å². The summed E-state index contributed by atoms with van der Waals surface area (Å²) in [5.41, 5.74) is 1.33. The average molecular weight is 273 g/mol. The molecule has 3 heteroatoms. The number of hydrogen-bond donors (Lipinski definition) is 2. The van der Waals surface area contributed by atoms with Gasteiger partial charge >= 0.3 is 0 Å². The van der Waals surface area contributed by atoms with Crippen molar-refractivity contribution in [1.82, 2.24) is 0 Å². The first-order valence-corrected chi connectivity index (χ1v) is 6.24. The molecule has 0 saturated carbocycles. The molecule has 15 heavy (non-hydrogen) atoms. The molecule has 1 aromatic carbocycles. The zero-order valence-corrected chi connectivity index (χ0v) is 10.8. The van der Waals surface area contributed by atoms with E-state index < -0.39 is 0 Å². The molecule has 0 aromatic heterocycles. The van der Waals surface area contributed by atoms with E-state index in [1.165, 1.54) is 10.5 Å². The summed E-state index contributed by atoms with van der Waals surface area (Å²) in [5, 5.41) is 8.96. The molecular weight excluding hydrogens is 254 g/mol. The van der Waals surface area contributed by atoms with E-state index in [0.29, 0.717) is 0 Å². The Hall–Kier alpha value is -0.380. The summed E-state index contributed by atoms with van der Waals surface area (Å²) in [4.78, 5) is 1.45. The lowest BCUT2D eigenvalue weighted by atomic mass is 10.2. The summed E-state index contributed by atoms with van der Waals surface area (Å²) in [6.45, 7) is 5.41. The Bertz CT molecular complexity index is 267. The van der Waals surface area contributed by atoms with Crippen molar-refractivity contribution in [2.75, 3.05) is 19.7 Å². The first kappa shape index (κ1) is 12.7. The van der Waals surface area contributed by atoms with Gasteiger partial charge in [-0.3, -0.25) is 0 Å². The Morgan fingerprint density at radius 2 is 1.87 bits per heavy atom. The van der Waals surface area contributed by atoms with Gasteiger partial charge in [-0.05, 0) is 18.6 Å². The summed E-state index contributed by atoms with van der Waals surface area (Å²) < 4.78 is 1.12. The van der Waals surface area contributed by atoms with Crippen LogP contribution in [0.3, 0.4) is 0 Å². The van der Waals surface area contributed by atoms with Gasteiger partial charge in [0.15, 0.2) is 0 Å². The number of aliphatic hydroxyl groups is 1. The van der Waals surface area contributed by atoms with Gasteiger partial charge in [-0.2, -0.15) is 0 Å². The average Bonchev–Trinajstić information content (AvgIpc) is 2.22. The molecular formula is C12H19BrNO+. The smallest absolute Gasteiger partial charge is 0.103 e. The lowest BCUT2D eigenvalue weighted by Crippen LogP contribution is -3.11. The zero-order chi connectivity index (χ0) is 11.1. The highest BCUT2D eigenvalue weighted by Crippen LogP contribution is 2.09. The normalized spacial score (nSPS) is 12.7. The maximum absolute atomic E-state index is 8.96. The van der Waals surface area contributed by atoms with E-state index in [0.717, 1.165) is 30.5 Å². The van der Waals surface area contributed by atoms with Crippen molar-refractivity contribution >= 4 is 15.9 Å². The van der Waals surface area contributed by atoms with Crippen molar-refractivity contribution in [1.29, 1.82) is 0 Å². The first-order chi connectivity index (χ1) is 7.26. The molecule has 2 N–H and O–H groups in total. The molecule has 0 saturated heterocycles. The van der Waals surface area contributed by atoms with Crippen LogP contribution in [0.4, 0.5) is 0 Å². The third-order valence-electron chi connectivity index (χ3n) is 2.44. The number of rotatable bonds is 6. The lowest BCUT2D eigenvalue weighted by molar-refractivity contribution is -0.914. The molecule has 0 aliphatic heterocycles. The highest BCUT2D eigenvalue weighted by atomic mass is 79.9. The van der Waals surface area contributed by atoms with Gasteiger partial charge in [0.2, 0.25) is 0 Å². The monoisotopic (exact) mass is 272 g/mol. The van der Waals surface area contributed by atoms with Crippen molar-refractivity contribution in [3.63, 3.8) is 0 Å². The van der Waals surface area contributed by atoms with Crippen molar-refractivity contribution < 1.29 is 10.0 Å². The molecule has 0 heterocycles. The van der Waals surface area contributed by atoms with Gasteiger partial charge in [0.1, 0.15) is 13.1 Å². The van der Waals surface area contributed by atoms with Crippen LogP contribution in [0.5, 0.6) is 0 Å². The Morgan fingerprint density at radius 1 is 1.20 bits per heavy atom. The molecule has 0 amide bonds. The zero-order valence-electron chi connectivity index (χ0n) is 9.17. The number of aliphatic hydroxyl groups excluding tert-OH is 1. The van der Waals surface area contributed by atoms with Crippen molar-refractivity contribution in [2.45, 2.75) is 19.9 Å². The second-order valence-electron chi connectivity index (χ2n) is 3.78. The van der Waals surface area contributed by atoms with Crippen molar-refractivity contribution in [3.05, 3.63) is 34.3 Å². The van der Waals surface area contributed by atoms with Gasteiger partial charge < -0.3 is 10.0 Å². The topological polar surface area (TPSA) is 24.7 Å². The minimum absolute atomic E-state index is 0.270. The molecule has 1 rings (SSSR count). The Morgan fingerprint density at radius 3 is 2.40 bits per heavy atom. The van der Waals surface area contributed by atoms with Crippen molar-refractivity contribution in [2.24, 2.45) is 0 Å². The van der Waals surface area contributed by atoms with Crippen molar-refractivity contribution in [3.8, 4) is 0 Å². The molecule has 0 bridgehead atoms. The fourth-order valence-electron chi connectivity index (χ4n) is 1.70. The van der Waals surface area contributed by atoms with Crippen LogP contribution in [0.25, 0.3) is 0 Å². The summed E-state index contributed by atoms with van der Waals surface area (Å²) in [5.74, 6) is 0. The van der Waals surface area contributed by atoms with Gasteiger partial charge in [-0.15, -0.1) is 0 Å². The number of halogens is 1. The fourth-order valence-corrected chi connectivity index (χ4v) is 1.97. The van der Waals surface area contributed by atoms with Gasteiger partial charge in [0.05, 0.1) is 13.2 Å². The molecule has 84 valence electrons. The maximum atomic E-state index is 8.96. The molecule has 0 fully saturated rings. The predicted molar refractivity (Wildman–Crippen MR) is 65.9 cm³/mol. The number of quaternary nitrogens is 1. The van der Waals surface area contributed by atoms with E-state index in [1.54, 1.807) is 0 Å². The summed E-state index contributed by atoms with van der Waals surface area (Å²) in [7, 11) is 0. The molecule has 2 nitrogen and oxygen atoms in total. The third-order valence-corrected chi connectivity index (χ3v) is 2.96. The van der Waals surface area contributed by atoms with Crippen LogP contribution < -0.4 is 4.90 Å². The Kier molecular flexibility index (Phi) is 5.91. The summed E-state index contributed by atoms with van der Waals surface area (Å²) in [6, 6.07) is 8.41. The predicted octanol–water partition coefficient (Wildman–Crippen LogP) is 1.24. The molecule has 0 spiro atoms. The molecule has 0 aliphatic rings. The van der Waals surface area contributed by atoms with Gasteiger partial charge in [0, 0.05) is 10.0 Å². The molecule has 0 aliphatic carbocycles. The van der Waals surface area contributed by atoms with Crippen LogP contribution in [0.1, 0.15) is 18.9 Å². The quantitative estimate of drug-likeness (QED) is 0.800. The van der Waals surface area contributed by atoms with Crippen LogP contribution >= 0.6 is 15.9 Å². The number of hydrogen-bond acceptors (Lipinski definition) is 1. The number of nitrogens with one attached hydrogen (secondary N) is 1. The van der Waals surface area contributed by atoms with Crippen LogP contribution in [0.15, 0.2) is 28.7 Å². The van der Waals surface area contributed by atoms with Crippen LogP contribution in [-0.2, 0) is 6.54 Å². The van der Waals surface area contributed by atoms with E-state index in [9.17, 15) is 0 Å². The van der Waals surface area contributed by atoms with E-state index in [4.69, 9.17) is 5.11 Å². The molecule has 1 aromatic rings. The second kappa shape index (κ2) is 6.99. The minimum atomic E-state index is 0.270. The standard InChI is InChI=1S/C12H18BrNO/c1-2-7-14(8-9-15)10-11-3-5-12(13)6-4-11/h3-6,15H,2,7-10H2,1H3/p+1. The van der Waals surface area contributed by atoms with Crippen LogP contribution in [-0.4, -0.2) is 24.8 Å². The minimum Gasteiger partial charge on any atom is -0.391 e. The largest absolute Gasteiger partial charge is 0.391 e. The Labute approximate surface area is 100 Å². The SMILES string of the molecule is CCC[NH+](CCO)Cc1ccc(Br)cc1. The molecule has 1 atom stereocenters. The second-order valence-corrected chi connectivity index (χ2v) is 4.69. The highest BCUT2D eigenvalue weighted by molar-refractivity contribution is 9.10. The van der Waals surface area contributed by atoms with Gasteiger partial charge in [-0.1, -0.05) is 35.0 Å². The van der Waals surface area contributed by atoms with Crippen LogP contribution in [0.2, 0.25) is 0 Å². The number of benzene rings is 1. The first-order valence-electron chi connectivity index (χ1n) is 5.45. The van der Waals surface area contributed by atoms with E-state index in [1.807, 2.05) is 0 Å². The third kappa shape index (κ3) is 4.78.